The largest absolute Gasteiger partial charge is 0.476 e. The van der Waals surface area contributed by atoms with E-state index in [1.54, 1.807) is 13.0 Å². The van der Waals surface area contributed by atoms with Gasteiger partial charge in [-0.1, -0.05) is 23.7 Å². The highest BCUT2D eigenvalue weighted by Gasteiger charge is 2.62. The van der Waals surface area contributed by atoms with Crippen LogP contribution >= 0.6 is 11.6 Å². The minimum atomic E-state index is -1.20. The van der Waals surface area contributed by atoms with Gasteiger partial charge in [0.15, 0.2) is 11.1 Å². The van der Waals surface area contributed by atoms with Crippen LogP contribution in [0.5, 0.6) is 0 Å². The van der Waals surface area contributed by atoms with Crippen molar-refractivity contribution in [2.45, 2.75) is 52.5 Å². The van der Waals surface area contributed by atoms with Crippen molar-refractivity contribution in [2.24, 2.45) is 11.3 Å². The summed E-state index contributed by atoms with van der Waals surface area (Å²) in [4.78, 5) is 44.2. The number of benzene rings is 1. The quantitative estimate of drug-likeness (QED) is 0.378. The third-order valence-electron chi connectivity index (χ3n) is 8.57. The second kappa shape index (κ2) is 9.23. The van der Waals surface area contributed by atoms with Gasteiger partial charge in [-0.05, 0) is 81.7 Å². The van der Waals surface area contributed by atoms with Gasteiger partial charge in [-0.3, -0.25) is 9.59 Å². The molecule has 1 atom stereocenters. The molecule has 9 heteroatoms. The van der Waals surface area contributed by atoms with Gasteiger partial charge >= 0.3 is 5.97 Å². The van der Waals surface area contributed by atoms with E-state index in [1.807, 2.05) is 37.0 Å². The molecule has 3 fully saturated rings. The summed E-state index contributed by atoms with van der Waals surface area (Å²) in [6.07, 6.45) is 5.73. The van der Waals surface area contributed by atoms with Gasteiger partial charge < -0.3 is 19.7 Å². The number of nitrogens with one attached hydrogen (secondary N) is 1. The zero-order valence-electron chi connectivity index (χ0n) is 22.1. The van der Waals surface area contributed by atoms with Gasteiger partial charge in [-0.25, -0.2) is 9.78 Å². The zero-order chi connectivity index (χ0) is 27.6. The normalized spacial score (nSPS) is 22.5. The Bertz CT molecular complexity index is 1620. The molecule has 0 radical (unpaired) electrons. The van der Waals surface area contributed by atoms with Crippen molar-refractivity contribution in [1.82, 2.24) is 9.88 Å². The molecule has 0 unspecified atom stereocenters. The predicted molar refractivity (Wildman–Crippen MR) is 149 cm³/mol. The van der Waals surface area contributed by atoms with Gasteiger partial charge in [0, 0.05) is 24.2 Å². The molecule has 2 bridgehead atoms. The van der Waals surface area contributed by atoms with Crippen LogP contribution in [0.15, 0.2) is 39.6 Å². The molecule has 3 aromatic rings. The van der Waals surface area contributed by atoms with E-state index in [-0.39, 0.29) is 27.6 Å². The van der Waals surface area contributed by atoms with Gasteiger partial charge in [-0.15, -0.1) is 0 Å². The fourth-order valence-corrected chi connectivity index (χ4v) is 6.50. The first kappa shape index (κ1) is 25.6. The van der Waals surface area contributed by atoms with Crippen molar-refractivity contribution in [1.29, 1.82) is 0 Å². The van der Waals surface area contributed by atoms with Crippen molar-refractivity contribution in [3.63, 3.8) is 0 Å². The van der Waals surface area contributed by atoms with Gasteiger partial charge in [-0.2, -0.15) is 0 Å². The number of carboxylic acid groups (broad SMARTS) is 1. The van der Waals surface area contributed by atoms with Gasteiger partial charge in [0.05, 0.1) is 22.5 Å². The summed E-state index contributed by atoms with van der Waals surface area (Å²) in [5.41, 5.74) is 3.47. The summed E-state index contributed by atoms with van der Waals surface area (Å²) in [6.45, 7) is 6.69. The lowest BCUT2D eigenvalue weighted by molar-refractivity contribution is -0.176. The number of pyridine rings is 1. The van der Waals surface area contributed by atoms with E-state index in [0.29, 0.717) is 47.5 Å². The standard InChI is InChI=1S/C30H30ClN3O5/c1-15-10-20(17(3)32-22-4-5-23(31)33-24(22)28(36)37)27-21(11-15)25(35)16(2)26(39-27)19-6-8-34(9-7-19)29(38)30-12-18(13-30)14-30/h4-6,10-11,17-18,32H,7-9,12-14H2,1-3H3,(H,36,37)/t17-,18?,30?/m1/s1. The Kier molecular flexibility index (Phi) is 6.06. The fraction of sp³-hybridized carbons (Fsp3) is 0.400. The lowest BCUT2D eigenvalue weighted by atomic mass is 9.44. The molecule has 8 nitrogen and oxygen atoms in total. The molecule has 0 saturated heterocycles. The van der Waals surface area contributed by atoms with Crippen LogP contribution in [0.1, 0.15) is 71.6 Å². The van der Waals surface area contributed by atoms with Crippen molar-refractivity contribution in [3.8, 4) is 0 Å². The van der Waals surface area contributed by atoms with Gasteiger partial charge in [0.25, 0.3) is 0 Å². The van der Waals surface area contributed by atoms with Crippen LogP contribution in [0.3, 0.4) is 0 Å². The Morgan fingerprint density at radius 3 is 2.59 bits per heavy atom. The smallest absolute Gasteiger partial charge is 0.356 e. The predicted octanol–water partition coefficient (Wildman–Crippen LogP) is 5.75. The Hall–Kier alpha value is -3.65. The number of aromatic nitrogens is 1. The van der Waals surface area contributed by atoms with Crippen LogP contribution in [0, 0.1) is 25.2 Å². The van der Waals surface area contributed by atoms with E-state index >= 15 is 0 Å². The van der Waals surface area contributed by atoms with Crippen LogP contribution in [0.25, 0.3) is 16.5 Å². The summed E-state index contributed by atoms with van der Waals surface area (Å²) in [7, 11) is 0. The Labute approximate surface area is 230 Å². The molecule has 3 aliphatic carbocycles. The average molecular weight is 548 g/mol. The van der Waals surface area contributed by atoms with Gasteiger partial charge in [0.2, 0.25) is 5.91 Å². The molecule has 0 spiro atoms. The number of aromatic carboxylic acids is 1. The molecule has 3 heterocycles. The van der Waals surface area contributed by atoms with E-state index in [9.17, 15) is 19.5 Å². The van der Waals surface area contributed by atoms with Crippen LogP contribution in [0.4, 0.5) is 5.69 Å². The molecular formula is C30H30ClN3O5. The number of anilines is 1. The number of fused-ring (bicyclic) bond motifs is 1. The minimum absolute atomic E-state index is 0.0861. The molecule has 3 saturated carbocycles. The van der Waals surface area contributed by atoms with E-state index in [2.05, 4.69) is 10.3 Å². The number of rotatable bonds is 6. The van der Waals surface area contributed by atoms with Crippen LogP contribution in [0.2, 0.25) is 5.15 Å². The summed E-state index contributed by atoms with van der Waals surface area (Å²) in [5, 5.41) is 13.4. The molecule has 4 aliphatic rings. The monoisotopic (exact) mass is 547 g/mol. The topological polar surface area (TPSA) is 113 Å². The number of carbonyl (C=O) groups is 2. The first-order chi connectivity index (χ1) is 18.6. The summed E-state index contributed by atoms with van der Waals surface area (Å²) >= 11 is 5.92. The SMILES string of the molecule is Cc1cc([C@@H](C)Nc2ccc(Cl)nc2C(=O)O)c2oc(C3=CCN(C(=O)C45CC(C4)C5)CC3)c(C)c(=O)c2c1. The lowest BCUT2D eigenvalue weighted by Gasteiger charge is -2.61. The molecule has 2 aromatic heterocycles. The van der Waals surface area contributed by atoms with Crippen molar-refractivity contribution >= 4 is 45.7 Å². The highest BCUT2D eigenvalue weighted by atomic mass is 35.5. The molecule has 1 amide bonds. The Morgan fingerprint density at radius 1 is 1.23 bits per heavy atom. The maximum absolute atomic E-state index is 13.5. The van der Waals surface area contributed by atoms with E-state index in [1.165, 1.54) is 6.07 Å². The van der Waals surface area contributed by atoms with Crippen molar-refractivity contribution < 1.29 is 19.1 Å². The molecule has 2 N–H and O–H groups in total. The molecule has 1 aromatic carbocycles. The first-order valence-electron chi connectivity index (χ1n) is 13.3. The minimum Gasteiger partial charge on any atom is -0.476 e. The Morgan fingerprint density at radius 2 is 1.97 bits per heavy atom. The summed E-state index contributed by atoms with van der Waals surface area (Å²) in [5.74, 6) is 0.367. The summed E-state index contributed by atoms with van der Waals surface area (Å²) in [6, 6.07) is 6.45. The molecular weight excluding hydrogens is 518 g/mol. The number of carbonyl (C=O) groups excluding carboxylic acids is 1. The van der Waals surface area contributed by atoms with E-state index in [4.69, 9.17) is 16.0 Å². The number of hydrogen-bond acceptors (Lipinski definition) is 6. The molecule has 7 rings (SSSR count). The number of nitrogens with zero attached hydrogens (tertiary/aromatic N) is 2. The second-order valence-electron chi connectivity index (χ2n) is 11.3. The number of aryl methyl sites for hydroxylation is 1. The maximum atomic E-state index is 13.5. The van der Waals surface area contributed by atoms with Crippen molar-refractivity contribution in [2.75, 3.05) is 18.4 Å². The van der Waals surface area contributed by atoms with E-state index < -0.39 is 12.0 Å². The van der Waals surface area contributed by atoms with Crippen molar-refractivity contribution in [3.05, 3.63) is 73.9 Å². The average Bonchev–Trinajstić information content (AvgIpc) is 2.85. The summed E-state index contributed by atoms with van der Waals surface area (Å²) < 4.78 is 6.49. The fourth-order valence-electron chi connectivity index (χ4n) is 6.36. The third kappa shape index (κ3) is 4.22. The number of halogens is 1. The lowest BCUT2D eigenvalue weighted by Crippen LogP contribution is -2.61. The number of carboxylic acids is 1. The maximum Gasteiger partial charge on any atom is 0.356 e. The number of amides is 1. The van der Waals surface area contributed by atoms with Crippen LogP contribution in [-0.2, 0) is 4.79 Å². The molecule has 39 heavy (non-hydrogen) atoms. The number of hydrogen-bond donors (Lipinski definition) is 2. The second-order valence-corrected chi connectivity index (χ2v) is 11.7. The third-order valence-corrected chi connectivity index (χ3v) is 8.78. The first-order valence-corrected chi connectivity index (χ1v) is 13.7. The zero-order valence-corrected chi connectivity index (χ0v) is 22.9. The van der Waals surface area contributed by atoms with E-state index in [0.717, 1.165) is 41.9 Å². The highest BCUT2D eigenvalue weighted by molar-refractivity contribution is 6.29. The van der Waals surface area contributed by atoms with Crippen LogP contribution < -0.4 is 10.7 Å². The highest BCUT2D eigenvalue weighted by Crippen LogP contribution is 2.65. The van der Waals surface area contributed by atoms with Crippen LogP contribution in [-0.4, -0.2) is 40.0 Å². The molecule has 202 valence electrons. The molecule has 1 aliphatic heterocycles. The van der Waals surface area contributed by atoms with Gasteiger partial charge in [0.1, 0.15) is 16.5 Å². The Balaban J connectivity index is 1.35.